The molecule has 0 bridgehead atoms. The van der Waals surface area contributed by atoms with Crippen LogP contribution in [0.4, 0.5) is 5.82 Å². The molecule has 2 aliphatic rings. The number of pyridine rings is 2. The van der Waals surface area contributed by atoms with Crippen molar-refractivity contribution in [3.63, 3.8) is 0 Å². The molecule has 206 valence electrons. The molecule has 1 saturated heterocycles. The molecule has 1 atom stereocenters. The number of piperazine rings is 1. The van der Waals surface area contributed by atoms with Crippen LogP contribution < -0.4 is 11.2 Å². The number of amides is 1. The van der Waals surface area contributed by atoms with Crippen molar-refractivity contribution in [2.75, 3.05) is 31.9 Å². The number of aromatic nitrogens is 6. The minimum atomic E-state index is -0.164. The van der Waals surface area contributed by atoms with Crippen molar-refractivity contribution in [2.24, 2.45) is 0 Å². The highest BCUT2D eigenvalue weighted by Crippen LogP contribution is 2.39. The molecule has 11 nitrogen and oxygen atoms in total. The second-order valence-corrected chi connectivity index (χ2v) is 10.3. The third kappa shape index (κ3) is 4.54. The number of imidazole rings is 1. The number of hydrazine groups is 1. The van der Waals surface area contributed by atoms with Crippen molar-refractivity contribution < 1.29 is 4.79 Å². The van der Waals surface area contributed by atoms with E-state index in [2.05, 4.69) is 49.8 Å². The van der Waals surface area contributed by atoms with Crippen molar-refractivity contribution >= 4 is 22.9 Å². The molecule has 7 rings (SSSR count). The van der Waals surface area contributed by atoms with Crippen molar-refractivity contribution in [3.8, 4) is 22.9 Å². The normalized spacial score (nSPS) is 17.5. The van der Waals surface area contributed by atoms with E-state index in [0.717, 1.165) is 61.4 Å². The van der Waals surface area contributed by atoms with Crippen LogP contribution in [0.3, 0.4) is 0 Å². The number of hydrogen-bond acceptors (Lipinski definition) is 8. The number of carbonyl (C=O) groups excluding carboxylic acids is 1. The summed E-state index contributed by atoms with van der Waals surface area (Å²) >= 11 is 0. The summed E-state index contributed by atoms with van der Waals surface area (Å²) < 4.78 is 3.81. The highest BCUT2D eigenvalue weighted by Gasteiger charge is 2.31. The van der Waals surface area contributed by atoms with Gasteiger partial charge in [-0.05, 0) is 72.5 Å². The summed E-state index contributed by atoms with van der Waals surface area (Å²) in [6.07, 6.45) is 8.65. The first-order valence-corrected chi connectivity index (χ1v) is 13.7. The molecule has 1 amide bonds. The van der Waals surface area contributed by atoms with Crippen LogP contribution in [0.5, 0.6) is 0 Å². The number of hydrogen-bond donors (Lipinski definition) is 2. The number of benzene rings is 1. The summed E-state index contributed by atoms with van der Waals surface area (Å²) in [6.45, 7) is 6.88. The molecule has 1 aliphatic heterocycles. The molecule has 4 aromatic heterocycles. The number of anilines is 1. The average molecular weight is 547 g/mol. The van der Waals surface area contributed by atoms with Crippen LogP contribution in [-0.2, 0) is 11.2 Å². The fraction of sp³-hybridized carbons (Fsp3) is 0.233. The summed E-state index contributed by atoms with van der Waals surface area (Å²) in [4.78, 5) is 28.5. The average Bonchev–Trinajstić information content (AvgIpc) is 3.76. The van der Waals surface area contributed by atoms with Gasteiger partial charge in [-0.3, -0.25) is 19.7 Å². The first-order chi connectivity index (χ1) is 20.1. The second kappa shape index (κ2) is 10.3. The lowest BCUT2D eigenvalue weighted by Crippen LogP contribution is -2.53. The van der Waals surface area contributed by atoms with E-state index in [0.29, 0.717) is 23.5 Å². The Morgan fingerprint density at radius 3 is 2.71 bits per heavy atom. The zero-order chi connectivity index (χ0) is 27.9. The number of fused-ring (bicyclic) bond motifs is 2. The number of nitrogens with zero attached hydrogens (tertiary/aromatic N) is 8. The summed E-state index contributed by atoms with van der Waals surface area (Å²) in [5.41, 5.74) is 15.1. The Hall–Kier alpha value is -4.87. The maximum absolute atomic E-state index is 11.7. The molecule has 11 heteroatoms. The molecule has 1 fully saturated rings. The van der Waals surface area contributed by atoms with Crippen molar-refractivity contribution in [2.45, 2.75) is 18.9 Å². The van der Waals surface area contributed by atoms with Crippen LogP contribution in [-0.4, -0.2) is 71.3 Å². The van der Waals surface area contributed by atoms with E-state index in [-0.39, 0.29) is 5.91 Å². The molecule has 0 radical (unpaired) electrons. The predicted octanol–water partition coefficient (Wildman–Crippen LogP) is 3.07. The fourth-order valence-electron chi connectivity index (χ4n) is 5.96. The first-order valence-electron chi connectivity index (χ1n) is 13.7. The van der Waals surface area contributed by atoms with Gasteiger partial charge in [-0.2, -0.15) is 5.10 Å². The van der Waals surface area contributed by atoms with Gasteiger partial charge in [0, 0.05) is 56.5 Å². The Balaban J connectivity index is 1.25. The lowest BCUT2D eigenvalue weighted by atomic mass is 10.0. The Morgan fingerprint density at radius 2 is 1.93 bits per heavy atom. The van der Waals surface area contributed by atoms with Gasteiger partial charge in [0.25, 0.3) is 5.91 Å². The van der Waals surface area contributed by atoms with Crippen LogP contribution in [0.25, 0.3) is 34.1 Å². The highest BCUT2D eigenvalue weighted by atomic mass is 16.2. The number of aryl methyl sites for hydroxylation is 1. The number of carbonyl (C=O) groups is 1. The van der Waals surface area contributed by atoms with Gasteiger partial charge in [-0.25, -0.2) is 24.6 Å². The number of nitrogens with two attached hydrogens (primary N) is 1. The van der Waals surface area contributed by atoms with Crippen molar-refractivity contribution in [1.29, 1.82) is 0 Å². The van der Waals surface area contributed by atoms with Crippen LogP contribution in [0.1, 0.15) is 23.6 Å². The topological polar surface area (TPSA) is 123 Å². The van der Waals surface area contributed by atoms with Gasteiger partial charge in [0.15, 0.2) is 17.3 Å². The van der Waals surface area contributed by atoms with Crippen LogP contribution in [0.15, 0.2) is 79.8 Å². The molecular weight excluding hydrogens is 516 g/mol. The molecular formula is C30H30N10O. The lowest BCUT2D eigenvalue weighted by Gasteiger charge is -2.38. The van der Waals surface area contributed by atoms with Crippen molar-refractivity contribution in [3.05, 3.63) is 90.9 Å². The van der Waals surface area contributed by atoms with Crippen LogP contribution >= 0.6 is 0 Å². The molecule has 5 aromatic rings. The largest absolute Gasteiger partial charge is 0.383 e. The molecule has 41 heavy (non-hydrogen) atoms. The third-order valence-corrected chi connectivity index (χ3v) is 7.95. The summed E-state index contributed by atoms with van der Waals surface area (Å²) in [6, 6.07) is 16.6. The van der Waals surface area contributed by atoms with Crippen LogP contribution in [0, 0.1) is 0 Å². The Morgan fingerprint density at radius 1 is 1.05 bits per heavy atom. The maximum Gasteiger partial charge on any atom is 0.257 e. The predicted molar refractivity (Wildman–Crippen MR) is 156 cm³/mol. The van der Waals surface area contributed by atoms with Gasteiger partial charge in [-0.1, -0.05) is 12.6 Å². The van der Waals surface area contributed by atoms with E-state index in [4.69, 9.17) is 15.7 Å². The fourth-order valence-corrected chi connectivity index (χ4v) is 5.96. The number of nitrogen functional groups attached to an aromatic ring is 1. The Labute approximate surface area is 236 Å². The van der Waals surface area contributed by atoms with Gasteiger partial charge < -0.3 is 5.73 Å². The molecule has 3 N–H and O–H groups in total. The van der Waals surface area contributed by atoms with Gasteiger partial charge in [0.1, 0.15) is 11.3 Å². The standard InChI is InChI=1S/C30H30N10O/c1-2-27(41)36-38-17-15-37(16-18-38)25-10-6-20-19-21(7-8-22(20)25)40-29(23-5-3-12-32-28(23)31)34-24-9-11-26(35-30(24)40)39-14-4-13-33-39/h2-5,7-9,11-14,19,25H,1,6,10,15-18H2,(H2,31,32)(H,36,41). The molecule has 1 unspecified atom stereocenters. The quantitative estimate of drug-likeness (QED) is 0.312. The molecule has 5 heterocycles. The molecule has 0 saturated carbocycles. The van der Waals surface area contributed by atoms with E-state index in [9.17, 15) is 4.79 Å². The highest BCUT2D eigenvalue weighted by molar-refractivity contribution is 5.86. The molecule has 1 aliphatic carbocycles. The minimum Gasteiger partial charge on any atom is -0.383 e. The smallest absolute Gasteiger partial charge is 0.257 e. The zero-order valence-electron chi connectivity index (χ0n) is 22.5. The van der Waals surface area contributed by atoms with E-state index in [1.54, 1.807) is 17.1 Å². The summed E-state index contributed by atoms with van der Waals surface area (Å²) in [5.74, 6) is 1.66. The SMILES string of the molecule is C=CC(=O)NN1CCN(C2CCc3cc(-n4c(-c5cccnc5N)nc5ccc(-n6cccn6)nc54)ccc32)CC1. The molecule has 0 spiro atoms. The minimum absolute atomic E-state index is 0.164. The van der Waals surface area contributed by atoms with Gasteiger partial charge in [-0.15, -0.1) is 0 Å². The summed E-state index contributed by atoms with van der Waals surface area (Å²) in [5, 5.41) is 6.33. The number of rotatable bonds is 6. The van der Waals surface area contributed by atoms with Gasteiger partial charge in [0.05, 0.1) is 5.56 Å². The van der Waals surface area contributed by atoms with E-state index in [1.165, 1.54) is 17.2 Å². The van der Waals surface area contributed by atoms with Gasteiger partial charge in [0.2, 0.25) is 0 Å². The maximum atomic E-state index is 11.7. The van der Waals surface area contributed by atoms with Crippen LogP contribution in [0.2, 0.25) is 0 Å². The lowest BCUT2D eigenvalue weighted by molar-refractivity contribution is -0.122. The Kier molecular flexibility index (Phi) is 6.29. The van der Waals surface area contributed by atoms with Gasteiger partial charge >= 0.3 is 0 Å². The van der Waals surface area contributed by atoms with Crippen molar-refractivity contribution in [1.82, 2.24) is 44.6 Å². The van der Waals surface area contributed by atoms with E-state index in [1.807, 2.05) is 41.5 Å². The number of nitrogens with one attached hydrogen (secondary N) is 1. The Bertz CT molecular complexity index is 1750. The summed E-state index contributed by atoms with van der Waals surface area (Å²) in [7, 11) is 0. The van der Waals surface area contributed by atoms with E-state index >= 15 is 0 Å². The zero-order valence-corrected chi connectivity index (χ0v) is 22.5. The first kappa shape index (κ1) is 25.1. The molecule has 1 aromatic carbocycles. The monoisotopic (exact) mass is 546 g/mol. The third-order valence-electron chi connectivity index (χ3n) is 7.95. The van der Waals surface area contributed by atoms with E-state index < -0.39 is 0 Å². The second-order valence-electron chi connectivity index (χ2n) is 10.3.